The molecule has 1 aliphatic rings. The van der Waals surface area contributed by atoms with Crippen LogP contribution in [-0.4, -0.2) is 11.8 Å². The zero-order chi connectivity index (χ0) is 8.27. The molecule has 1 fully saturated rings. The highest BCUT2D eigenvalue weighted by atomic mass is 16.1. The van der Waals surface area contributed by atoms with Crippen molar-refractivity contribution in [1.82, 2.24) is 0 Å². The normalized spacial score (nSPS) is 28.7. The van der Waals surface area contributed by atoms with Crippen LogP contribution in [0.25, 0.3) is 0 Å². The lowest BCUT2D eigenvalue weighted by Crippen LogP contribution is -2.37. The molecule has 2 N–H and O–H groups in total. The minimum absolute atomic E-state index is 0.185. The van der Waals surface area contributed by atoms with Crippen LogP contribution in [0.2, 0.25) is 0 Å². The molecule has 60 valence electrons. The summed E-state index contributed by atoms with van der Waals surface area (Å²) in [5.41, 5.74) is 5.57. The van der Waals surface area contributed by atoms with E-state index in [-0.39, 0.29) is 12.2 Å². The number of Topliss-reactive ketones (excluding diaryl/α,β-unsaturated/α-hetero) is 1. The van der Waals surface area contributed by atoms with Gasteiger partial charge in [-0.1, -0.05) is 5.92 Å². The molecule has 0 aromatic rings. The van der Waals surface area contributed by atoms with E-state index < -0.39 is 0 Å². The summed E-state index contributed by atoms with van der Waals surface area (Å²) in [4.78, 5) is 11.0. The predicted octanol–water partition coefficient (Wildman–Crippen LogP) is 0.706. The Morgan fingerprint density at radius 1 is 1.64 bits per heavy atom. The van der Waals surface area contributed by atoms with Gasteiger partial charge >= 0.3 is 0 Å². The molecule has 0 heterocycles. The zero-order valence-corrected chi connectivity index (χ0v) is 6.55. The Balaban J connectivity index is 2.13. The van der Waals surface area contributed by atoms with Crippen molar-refractivity contribution < 1.29 is 4.79 Å². The maximum atomic E-state index is 11.0. The molecule has 0 bridgehead atoms. The van der Waals surface area contributed by atoms with Crippen molar-refractivity contribution >= 4 is 5.78 Å². The van der Waals surface area contributed by atoms with E-state index >= 15 is 0 Å². The number of carbonyl (C=O) groups excluding carboxylic acids is 1. The van der Waals surface area contributed by atoms with Gasteiger partial charge in [0.25, 0.3) is 0 Å². The molecule has 0 spiro atoms. The van der Waals surface area contributed by atoms with Crippen molar-refractivity contribution in [2.24, 2.45) is 11.7 Å². The molecule has 0 aromatic carbocycles. The number of carbonyl (C=O) groups is 1. The average Bonchev–Trinajstić information content (AvgIpc) is 1.85. The van der Waals surface area contributed by atoms with Crippen LogP contribution in [0, 0.1) is 18.3 Å². The Labute approximate surface area is 67.2 Å². The molecule has 1 rings (SSSR count). The van der Waals surface area contributed by atoms with Gasteiger partial charge in [0.1, 0.15) is 5.78 Å². The third kappa shape index (κ3) is 2.36. The van der Waals surface area contributed by atoms with Gasteiger partial charge in [-0.25, -0.2) is 0 Å². The fourth-order valence-corrected chi connectivity index (χ4v) is 1.46. The van der Waals surface area contributed by atoms with Crippen LogP contribution in [0.3, 0.4) is 0 Å². The van der Waals surface area contributed by atoms with E-state index in [1.807, 2.05) is 0 Å². The van der Waals surface area contributed by atoms with Crippen LogP contribution in [-0.2, 0) is 4.79 Å². The summed E-state index contributed by atoms with van der Waals surface area (Å²) in [7, 11) is 0. The van der Waals surface area contributed by atoms with Gasteiger partial charge in [0.15, 0.2) is 0 Å². The highest BCUT2D eigenvalue weighted by molar-refractivity contribution is 5.80. The summed E-state index contributed by atoms with van der Waals surface area (Å²) in [5.74, 6) is 3.06. The van der Waals surface area contributed by atoms with E-state index in [2.05, 4.69) is 5.92 Å². The smallest absolute Gasteiger partial charge is 0.145 e. The lowest BCUT2D eigenvalue weighted by atomic mass is 9.77. The van der Waals surface area contributed by atoms with Gasteiger partial charge in [-0.2, -0.15) is 0 Å². The van der Waals surface area contributed by atoms with Gasteiger partial charge in [-0.15, -0.1) is 6.42 Å². The van der Waals surface area contributed by atoms with Crippen LogP contribution in [0.1, 0.15) is 25.7 Å². The van der Waals surface area contributed by atoms with Crippen molar-refractivity contribution in [3.63, 3.8) is 0 Å². The van der Waals surface area contributed by atoms with Crippen molar-refractivity contribution in [2.45, 2.75) is 31.7 Å². The van der Waals surface area contributed by atoms with E-state index in [0.29, 0.717) is 18.4 Å². The molecular formula is C9H13NO. The molecular weight excluding hydrogens is 138 g/mol. The first-order valence-electron chi connectivity index (χ1n) is 3.93. The molecule has 0 amide bonds. The Morgan fingerprint density at radius 2 is 2.27 bits per heavy atom. The minimum Gasteiger partial charge on any atom is -0.328 e. The third-order valence-electron chi connectivity index (χ3n) is 2.09. The van der Waals surface area contributed by atoms with Gasteiger partial charge in [0, 0.05) is 12.5 Å². The molecule has 1 aliphatic carbocycles. The number of nitrogens with two attached hydrogens (primary N) is 1. The van der Waals surface area contributed by atoms with Gasteiger partial charge in [-0.05, 0) is 18.8 Å². The molecule has 0 saturated heterocycles. The topological polar surface area (TPSA) is 43.1 Å². The van der Waals surface area contributed by atoms with Crippen LogP contribution in [0.5, 0.6) is 0 Å². The standard InChI is InChI=1S/C9H13NO/c1-2-3-9(11)6-7-4-8(10)5-7/h1,7-8H,3-6,10H2. The summed E-state index contributed by atoms with van der Waals surface area (Å²) >= 11 is 0. The lowest BCUT2D eigenvalue weighted by molar-refractivity contribution is -0.119. The highest BCUT2D eigenvalue weighted by Crippen LogP contribution is 2.28. The second-order valence-electron chi connectivity index (χ2n) is 3.22. The first-order chi connectivity index (χ1) is 5.22. The Morgan fingerprint density at radius 3 is 2.73 bits per heavy atom. The summed E-state index contributed by atoms with van der Waals surface area (Å²) in [6.07, 6.45) is 7.91. The largest absolute Gasteiger partial charge is 0.328 e. The molecule has 1 saturated carbocycles. The molecule has 11 heavy (non-hydrogen) atoms. The van der Waals surface area contributed by atoms with Crippen molar-refractivity contribution in [1.29, 1.82) is 0 Å². The van der Waals surface area contributed by atoms with Crippen LogP contribution < -0.4 is 5.73 Å². The second kappa shape index (κ2) is 3.54. The lowest BCUT2D eigenvalue weighted by Gasteiger charge is -2.31. The number of terminal acetylenes is 1. The Bertz CT molecular complexity index is 186. The van der Waals surface area contributed by atoms with E-state index in [1.54, 1.807) is 0 Å². The Kier molecular flexibility index (Phi) is 2.67. The summed E-state index contributed by atoms with van der Waals surface area (Å²) in [5, 5.41) is 0. The fraction of sp³-hybridized carbons (Fsp3) is 0.667. The number of rotatable bonds is 3. The maximum Gasteiger partial charge on any atom is 0.145 e. The van der Waals surface area contributed by atoms with Crippen LogP contribution in [0.4, 0.5) is 0 Å². The molecule has 0 unspecified atom stereocenters. The van der Waals surface area contributed by atoms with Crippen molar-refractivity contribution in [3.8, 4) is 12.3 Å². The number of ketones is 1. The second-order valence-corrected chi connectivity index (χ2v) is 3.22. The zero-order valence-electron chi connectivity index (χ0n) is 6.55. The number of hydrogen-bond acceptors (Lipinski definition) is 2. The van der Waals surface area contributed by atoms with Crippen molar-refractivity contribution in [2.75, 3.05) is 0 Å². The van der Waals surface area contributed by atoms with E-state index in [4.69, 9.17) is 12.2 Å². The van der Waals surface area contributed by atoms with E-state index in [9.17, 15) is 4.79 Å². The maximum absolute atomic E-state index is 11.0. The van der Waals surface area contributed by atoms with Gasteiger partial charge in [-0.3, -0.25) is 4.79 Å². The fourth-order valence-electron chi connectivity index (χ4n) is 1.46. The molecule has 0 atom stereocenters. The van der Waals surface area contributed by atoms with E-state index in [0.717, 1.165) is 12.8 Å². The SMILES string of the molecule is C#CCC(=O)CC1CC(N)C1. The van der Waals surface area contributed by atoms with Crippen molar-refractivity contribution in [3.05, 3.63) is 0 Å². The molecule has 2 heteroatoms. The minimum atomic E-state index is 0.185. The Hall–Kier alpha value is -0.810. The van der Waals surface area contributed by atoms with Crippen LogP contribution in [0.15, 0.2) is 0 Å². The molecule has 2 nitrogen and oxygen atoms in total. The summed E-state index contributed by atoms with van der Waals surface area (Å²) in [6.45, 7) is 0. The summed E-state index contributed by atoms with van der Waals surface area (Å²) in [6, 6.07) is 0.332. The van der Waals surface area contributed by atoms with Crippen LogP contribution >= 0.6 is 0 Å². The van der Waals surface area contributed by atoms with Gasteiger partial charge < -0.3 is 5.73 Å². The van der Waals surface area contributed by atoms with Gasteiger partial charge in [0.05, 0.1) is 6.42 Å². The molecule has 0 radical (unpaired) electrons. The molecule has 0 aromatic heterocycles. The highest BCUT2D eigenvalue weighted by Gasteiger charge is 2.27. The van der Waals surface area contributed by atoms with E-state index in [1.165, 1.54) is 0 Å². The average molecular weight is 151 g/mol. The first kappa shape index (κ1) is 8.29. The number of hydrogen-bond donors (Lipinski definition) is 1. The molecule has 0 aliphatic heterocycles. The summed E-state index contributed by atoms with van der Waals surface area (Å²) < 4.78 is 0. The monoisotopic (exact) mass is 151 g/mol. The predicted molar refractivity (Wildman–Crippen MR) is 43.8 cm³/mol. The van der Waals surface area contributed by atoms with Gasteiger partial charge in [0.2, 0.25) is 0 Å². The first-order valence-corrected chi connectivity index (χ1v) is 3.93. The third-order valence-corrected chi connectivity index (χ3v) is 2.09. The quantitative estimate of drug-likeness (QED) is 0.603.